The molecule has 0 saturated heterocycles. The molecule has 0 N–H and O–H groups in total. The fourth-order valence-electron chi connectivity index (χ4n) is 1.21. The molecule has 0 fully saturated rings. The SMILES string of the molecule is C=C(C)C(=O)OC(CCC)(OC(=O)C(=C)C)OC(=O)C(=C)C. The first-order valence-electron chi connectivity index (χ1n) is 6.71. The van der Waals surface area contributed by atoms with Gasteiger partial charge < -0.3 is 14.2 Å². The average molecular weight is 310 g/mol. The first kappa shape index (κ1) is 19.6. The Kier molecular flexibility index (Phi) is 7.29. The fraction of sp³-hybridized carbons (Fsp3) is 0.438. The van der Waals surface area contributed by atoms with Gasteiger partial charge in [0.2, 0.25) is 0 Å². The number of hydrogen-bond acceptors (Lipinski definition) is 6. The molecule has 6 nitrogen and oxygen atoms in total. The molecule has 22 heavy (non-hydrogen) atoms. The van der Waals surface area contributed by atoms with Gasteiger partial charge in [-0.3, -0.25) is 0 Å². The van der Waals surface area contributed by atoms with E-state index in [4.69, 9.17) is 14.2 Å². The van der Waals surface area contributed by atoms with Gasteiger partial charge in [0.05, 0.1) is 6.42 Å². The topological polar surface area (TPSA) is 78.9 Å². The highest BCUT2D eigenvalue weighted by molar-refractivity contribution is 5.90. The van der Waals surface area contributed by atoms with Gasteiger partial charge >= 0.3 is 23.9 Å². The lowest BCUT2D eigenvalue weighted by molar-refractivity contribution is -0.328. The van der Waals surface area contributed by atoms with Crippen molar-refractivity contribution in [1.82, 2.24) is 0 Å². The van der Waals surface area contributed by atoms with Crippen LogP contribution in [0.2, 0.25) is 0 Å². The van der Waals surface area contributed by atoms with E-state index in [1.165, 1.54) is 20.8 Å². The molecule has 6 heteroatoms. The van der Waals surface area contributed by atoms with E-state index in [0.717, 1.165) is 0 Å². The third-order valence-electron chi connectivity index (χ3n) is 2.35. The molecule has 0 atom stereocenters. The number of esters is 3. The molecule has 0 aromatic rings. The minimum absolute atomic E-state index is 0.0376. The second kappa shape index (κ2) is 8.17. The van der Waals surface area contributed by atoms with Crippen LogP contribution in [0.5, 0.6) is 0 Å². The van der Waals surface area contributed by atoms with E-state index in [9.17, 15) is 14.4 Å². The van der Waals surface area contributed by atoms with Gasteiger partial charge in [0, 0.05) is 16.7 Å². The Labute approximate surface area is 130 Å². The molecule has 0 aromatic heterocycles. The highest BCUT2D eigenvalue weighted by atomic mass is 16.9. The minimum atomic E-state index is -2.17. The van der Waals surface area contributed by atoms with E-state index in [0.29, 0.717) is 6.42 Å². The van der Waals surface area contributed by atoms with Crippen LogP contribution in [0.1, 0.15) is 40.5 Å². The molecule has 0 bridgehead atoms. The van der Waals surface area contributed by atoms with Crippen molar-refractivity contribution in [2.75, 3.05) is 0 Å². The number of carbonyl (C=O) groups is 3. The molecule has 0 rings (SSSR count). The standard InChI is InChI=1S/C16H22O6/c1-8-9-16(20-13(17)10(2)3,21-14(18)11(4)5)22-15(19)12(6)7/h2,4,6,8-9H2,1,3,5,7H3. The third-order valence-corrected chi connectivity index (χ3v) is 2.35. The van der Waals surface area contributed by atoms with Crippen LogP contribution in [0, 0.1) is 0 Å². The lowest BCUT2D eigenvalue weighted by atomic mass is 10.2. The Hall–Kier alpha value is -2.37. The summed E-state index contributed by atoms with van der Waals surface area (Å²) in [7, 11) is 0. The van der Waals surface area contributed by atoms with E-state index >= 15 is 0 Å². The summed E-state index contributed by atoms with van der Waals surface area (Å²) in [6.45, 7) is 16.3. The summed E-state index contributed by atoms with van der Waals surface area (Å²) < 4.78 is 15.2. The molecule has 0 aliphatic heterocycles. The molecule has 0 radical (unpaired) electrons. The second-order valence-corrected chi connectivity index (χ2v) is 4.94. The molecule has 0 amide bonds. The summed E-state index contributed by atoms with van der Waals surface area (Å²) in [4.78, 5) is 35.4. The first-order chi connectivity index (χ1) is 10.0. The van der Waals surface area contributed by atoms with Gasteiger partial charge in [0.1, 0.15) is 0 Å². The highest BCUT2D eigenvalue weighted by Gasteiger charge is 2.43. The van der Waals surface area contributed by atoms with E-state index in [1.807, 2.05) is 0 Å². The lowest BCUT2D eigenvalue weighted by Crippen LogP contribution is -2.45. The maximum Gasteiger partial charge on any atom is 0.424 e. The molecule has 0 aromatic carbocycles. The molecule has 0 aliphatic carbocycles. The number of rotatable bonds is 8. The predicted octanol–water partition coefficient (Wildman–Crippen LogP) is 2.80. The molecule has 0 spiro atoms. The van der Waals surface area contributed by atoms with Crippen LogP contribution in [0.25, 0.3) is 0 Å². The summed E-state index contributed by atoms with van der Waals surface area (Å²) in [5, 5.41) is 0. The summed E-state index contributed by atoms with van der Waals surface area (Å²) >= 11 is 0. The smallest absolute Gasteiger partial charge is 0.385 e. The van der Waals surface area contributed by atoms with Crippen LogP contribution >= 0.6 is 0 Å². The van der Waals surface area contributed by atoms with Gasteiger partial charge in [-0.05, 0) is 27.2 Å². The Morgan fingerprint density at radius 1 is 0.773 bits per heavy atom. The summed E-state index contributed by atoms with van der Waals surface area (Å²) in [6.07, 6.45) is 0.375. The predicted molar refractivity (Wildman–Crippen MR) is 80.4 cm³/mol. The zero-order chi connectivity index (χ0) is 17.5. The second-order valence-electron chi connectivity index (χ2n) is 4.94. The van der Waals surface area contributed by atoms with Gasteiger partial charge in [-0.15, -0.1) is 0 Å². The molecule has 0 aliphatic rings. The third kappa shape index (κ3) is 5.95. The molecule has 0 heterocycles. The monoisotopic (exact) mass is 310 g/mol. The van der Waals surface area contributed by atoms with Crippen molar-refractivity contribution >= 4 is 17.9 Å². The molecular formula is C16H22O6. The van der Waals surface area contributed by atoms with Crippen molar-refractivity contribution in [3.05, 3.63) is 36.5 Å². The van der Waals surface area contributed by atoms with Crippen molar-refractivity contribution in [1.29, 1.82) is 0 Å². The van der Waals surface area contributed by atoms with E-state index in [2.05, 4.69) is 19.7 Å². The van der Waals surface area contributed by atoms with Crippen LogP contribution in [0.3, 0.4) is 0 Å². The normalized spacial score (nSPS) is 10.4. The van der Waals surface area contributed by atoms with Gasteiger partial charge in [0.25, 0.3) is 0 Å². The number of hydrogen-bond donors (Lipinski definition) is 0. The first-order valence-corrected chi connectivity index (χ1v) is 6.71. The molecule has 0 unspecified atom stereocenters. The fourth-order valence-corrected chi connectivity index (χ4v) is 1.21. The summed E-state index contributed by atoms with van der Waals surface area (Å²) in [6, 6.07) is 0. The minimum Gasteiger partial charge on any atom is -0.385 e. The average Bonchev–Trinajstić information content (AvgIpc) is 2.38. The quantitative estimate of drug-likeness (QED) is 0.390. The van der Waals surface area contributed by atoms with Crippen LogP contribution < -0.4 is 0 Å². The van der Waals surface area contributed by atoms with Crippen molar-refractivity contribution in [3.8, 4) is 0 Å². The van der Waals surface area contributed by atoms with E-state index in [1.54, 1.807) is 6.92 Å². The van der Waals surface area contributed by atoms with Gasteiger partial charge in [-0.2, -0.15) is 0 Å². The summed E-state index contributed by atoms with van der Waals surface area (Å²) in [5.74, 6) is -4.72. The van der Waals surface area contributed by atoms with Crippen molar-refractivity contribution < 1.29 is 28.6 Å². The summed E-state index contributed by atoms with van der Waals surface area (Å²) in [5.41, 5.74) is 0.203. The lowest BCUT2D eigenvalue weighted by Gasteiger charge is -2.31. The maximum absolute atomic E-state index is 11.8. The zero-order valence-corrected chi connectivity index (χ0v) is 13.5. The van der Waals surface area contributed by atoms with Crippen LogP contribution in [-0.2, 0) is 28.6 Å². The van der Waals surface area contributed by atoms with Crippen LogP contribution in [0.4, 0.5) is 0 Å². The van der Waals surface area contributed by atoms with Crippen molar-refractivity contribution in [2.24, 2.45) is 0 Å². The molecule has 0 saturated carbocycles. The number of carbonyl (C=O) groups excluding carboxylic acids is 3. The number of ether oxygens (including phenoxy) is 3. The highest BCUT2D eigenvalue weighted by Crippen LogP contribution is 2.26. The van der Waals surface area contributed by atoms with Crippen molar-refractivity contribution in [3.63, 3.8) is 0 Å². The van der Waals surface area contributed by atoms with Crippen molar-refractivity contribution in [2.45, 2.75) is 46.5 Å². The molecular weight excluding hydrogens is 288 g/mol. The largest absolute Gasteiger partial charge is 0.424 e. The van der Waals surface area contributed by atoms with Crippen LogP contribution in [-0.4, -0.2) is 23.9 Å². The van der Waals surface area contributed by atoms with Gasteiger partial charge in [0.15, 0.2) is 0 Å². The van der Waals surface area contributed by atoms with Gasteiger partial charge in [-0.1, -0.05) is 26.7 Å². The molecule has 122 valence electrons. The zero-order valence-electron chi connectivity index (χ0n) is 13.5. The maximum atomic E-state index is 11.8. The Balaban J connectivity index is 5.60. The Bertz CT molecular complexity index is 445. The Morgan fingerprint density at radius 2 is 1.05 bits per heavy atom. The van der Waals surface area contributed by atoms with E-state index in [-0.39, 0.29) is 23.1 Å². The van der Waals surface area contributed by atoms with E-state index < -0.39 is 23.9 Å². The van der Waals surface area contributed by atoms with Crippen LogP contribution in [0.15, 0.2) is 36.5 Å². The Morgan fingerprint density at radius 3 is 1.23 bits per heavy atom. The van der Waals surface area contributed by atoms with Gasteiger partial charge in [-0.25, -0.2) is 14.4 Å².